The summed E-state index contributed by atoms with van der Waals surface area (Å²) in [4.78, 5) is 37.8. The molecule has 8 heteroatoms. The summed E-state index contributed by atoms with van der Waals surface area (Å²) in [5.41, 5.74) is -1.16. The lowest BCUT2D eigenvalue weighted by Crippen LogP contribution is -2.41. The molecule has 0 radical (unpaired) electrons. The molecule has 1 aliphatic heterocycles. The predicted molar refractivity (Wildman–Crippen MR) is 110 cm³/mol. The van der Waals surface area contributed by atoms with Gasteiger partial charge in [0, 0.05) is 23.3 Å². The van der Waals surface area contributed by atoms with Gasteiger partial charge in [-0.15, -0.1) is 0 Å². The molecule has 0 aromatic heterocycles. The van der Waals surface area contributed by atoms with E-state index >= 15 is 0 Å². The molecule has 7 nitrogen and oxygen atoms in total. The van der Waals surface area contributed by atoms with Gasteiger partial charge in [-0.1, -0.05) is 42.5 Å². The molecule has 156 valence electrons. The minimum atomic E-state index is -2.13. The molecule has 0 spiro atoms. The normalized spacial score (nSPS) is 17.5. The van der Waals surface area contributed by atoms with Crippen molar-refractivity contribution < 1.29 is 24.0 Å². The van der Waals surface area contributed by atoms with Crippen molar-refractivity contribution in [1.82, 2.24) is 0 Å². The highest BCUT2D eigenvalue weighted by atomic mass is 19.1. The molecule has 1 aliphatic rings. The first-order valence-electron chi connectivity index (χ1n) is 9.45. The summed E-state index contributed by atoms with van der Waals surface area (Å²) in [7, 11) is 0. The molecule has 0 fully saturated rings. The number of carbonyl (C=O) groups excluding carboxylic acids is 2. The van der Waals surface area contributed by atoms with Crippen LogP contribution in [0.5, 0.6) is 0 Å². The highest BCUT2D eigenvalue weighted by Gasteiger charge is 2.50. The molecule has 3 aromatic carbocycles. The van der Waals surface area contributed by atoms with Crippen LogP contribution in [0.4, 0.5) is 15.8 Å². The van der Waals surface area contributed by atoms with Gasteiger partial charge in [-0.3, -0.25) is 19.7 Å². The van der Waals surface area contributed by atoms with E-state index in [1.54, 1.807) is 30.3 Å². The average Bonchev–Trinajstić information content (AvgIpc) is 2.96. The third kappa shape index (κ3) is 3.69. The molecular formula is C23H17FN2O5. The SMILES string of the molecule is O=C(CC1(O)C(=O)N(Cc2cccc(F)c2)c2ccccc21)c1cccc([N+](=O)[O-])c1. The van der Waals surface area contributed by atoms with Crippen LogP contribution in [0.15, 0.2) is 72.8 Å². The summed E-state index contributed by atoms with van der Waals surface area (Å²) in [6.45, 7) is 0.0148. The lowest BCUT2D eigenvalue weighted by atomic mass is 9.88. The third-order valence-corrected chi connectivity index (χ3v) is 5.26. The van der Waals surface area contributed by atoms with Crippen molar-refractivity contribution in [2.45, 2.75) is 18.6 Å². The highest BCUT2D eigenvalue weighted by molar-refractivity contribution is 6.10. The maximum Gasteiger partial charge on any atom is 0.270 e. The number of nitrogens with zero attached hydrogens (tertiary/aromatic N) is 2. The second kappa shape index (κ2) is 7.73. The Balaban J connectivity index is 1.67. The zero-order valence-corrected chi connectivity index (χ0v) is 16.2. The van der Waals surface area contributed by atoms with Gasteiger partial charge in [0.1, 0.15) is 5.82 Å². The summed E-state index contributed by atoms with van der Waals surface area (Å²) in [6.07, 6.45) is -0.580. The largest absolute Gasteiger partial charge is 0.375 e. The molecule has 0 saturated carbocycles. The number of aliphatic hydroxyl groups is 1. The number of ketones is 1. The minimum Gasteiger partial charge on any atom is -0.375 e. The molecule has 0 bridgehead atoms. The smallest absolute Gasteiger partial charge is 0.270 e. The molecule has 1 amide bonds. The van der Waals surface area contributed by atoms with E-state index in [0.717, 1.165) is 6.07 Å². The zero-order chi connectivity index (χ0) is 22.2. The monoisotopic (exact) mass is 420 g/mol. The number of amides is 1. The zero-order valence-electron chi connectivity index (χ0n) is 16.2. The average molecular weight is 420 g/mol. The van der Waals surface area contributed by atoms with Gasteiger partial charge in [-0.05, 0) is 23.8 Å². The first-order valence-corrected chi connectivity index (χ1v) is 9.45. The molecule has 1 unspecified atom stereocenters. The Morgan fingerprint density at radius 3 is 2.55 bits per heavy atom. The van der Waals surface area contributed by atoms with E-state index in [0.29, 0.717) is 11.3 Å². The topological polar surface area (TPSA) is 101 Å². The second-order valence-corrected chi connectivity index (χ2v) is 7.31. The predicted octanol–water partition coefficient (Wildman–Crippen LogP) is 3.74. The molecular weight excluding hydrogens is 403 g/mol. The fourth-order valence-corrected chi connectivity index (χ4v) is 3.78. The van der Waals surface area contributed by atoms with Crippen LogP contribution in [-0.2, 0) is 16.9 Å². The van der Waals surface area contributed by atoms with Crippen LogP contribution in [0.3, 0.4) is 0 Å². The van der Waals surface area contributed by atoms with Gasteiger partial charge < -0.3 is 10.0 Å². The van der Waals surface area contributed by atoms with Gasteiger partial charge in [0.05, 0.1) is 23.6 Å². The van der Waals surface area contributed by atoms with Crippen molar-refractivity contribution in [3.63, 3.8) is 0 Å². The van der Waals surface area contributed by atoms with Crippen LogP contribution < -0.4 is 4.90 Å². The molecule has 1 heterocycles. The van der Waals surface area contributed by atoms with Crippen molar-refractivity contribution in [2.24, 2.45) is 0 Å². The van der Waals surface area contributed by atoms with Crippen LogP contribution in [0, 0.1) is 15.9 Å². The Kier molecular flexibility index (Phi) is 5.08. The summed E-state index contributed by atoms with van der Waals surface area (Å²) in [6, 6.07) is 17.4. The lowest BCUT2D eigenvalue weighted by Gasteiger charge is -2.23. The van der Waals surface area contributed by atoms with Crippen LogP contribution >= 0.6 is 0 Å². The first kappa shape index (κ1) is 20.4. The number of para-hydroxylation sites is 1. The van der Waals surface area contributed by atoms with Crippen LogP contribution in [0.2, 0.25) is 0 Å². The number of hydrogen-bond acceptors (Lipinski definition) is 5. The lowest BCUT2D eigenvalue weighted by molar-refractivity contribution is -0.384. The number of non-ortho nitro benzene ring substituents is 1. The van der Waals surface area contributed by atoms with Gasteiger partial charge in [0.15, 0.2) is 11.4 Å². The summed E-state index contributed by atoms with van der Waals surface area (Å²) < 4.78 is 13.6. The fraction of sp³-hybridized carbons (Fsp3) is 0.130. The van der Waals surface area contributed by atoms with Crippen LogP contribution in [-0.4, -0.2) is 21.7 Å². The minimum absolute atomic E-state index is 0.0148. The van der Waals surface area contributed by atoms with E-state index in [2.05, 4.69) is 0 Å². The quantitative estimate of drug-likeness (QED) is 0.372. The molecule has 0 saturated heterocycles. The van der Waals surface area contributed by atoms with E-state index in [1.807, 2.05) is 0 Å². The number of anilines is 1. The van der Waals surface area contributed by atoms with Gasteiger partial charge in [-0.2, -0.15) is 0 Å². The molecule has 31 heavy (non-hydrogen) atoms. The number of carbonyl (C=O) groups is 2. The van der Waals surface area contributed by atoms with E-state index < -0.39 is 34.5 Å². The number of nitro groups is 1. The second-order valence-electron chi connectivity index (χ2n) is 7.31. The van der Waals surface area contributed by atoms with E-state index in [4.69, 9.17) is 0 Å². The number of fused-ring (bicyclic) bond motifs is 1. The van der Waals surface area contributed by atoms with Crippen molar-refractivity contribution >= 4 is 23.1 Å². The Labute approximate surface area is 176 Å². The molecule has 0 aliphatic carbocycles. The number of nitro benzene ring substituents is 1. The van der Waals surface area contributed by atoms with Crippen molar-refractivity contribution in [1.29, 1.82) is 0 Å². The first-order chi connectivity index (χ1) is 14.8. The van der Waals surface area contributed by atoms with Crippen LogP contribution in [0.1, 0.15) is 27.9 Å². The molecule has 1 N–H and O–H groups in total. The van der Waals surface area contributed by atoms with Crippen molar-refractivity contribution in [3.05, 3.63) is 105 Å². The third-order valence-electron chi connectivity index (χ3n) is 5.26. The number of benzene rings is 3. The molecule has 1 atom stereocenters. The molecule has 3 aromatic rings. The maximum atomic E-state index is 13.6. The van der Waals surface area contributed by atoms with E-state index in [1.165, 1.54) is 41.3 Å². The molecule has 4 rings (SSSR count). The number of halogens is 1. The van der Waals surface area contributed by atoms with Crippen molar-refractivity contribution in [2.75, 3.05) is 4.90 Å². The maximum absolute atomic E-state index is 13.6. The summed E-state index contributed by atoms with van der Waals surface area (Å²) in [5, 5.41) is 22.3. The Bertz CT molecular complexity index is 1210. The summed E-state index contributed by atoms with van der Waals surface area (Å²) >= 11 is 0. The van der Waals surface area contributed by atoms with Gasteiger partial charge in [0.25, 0.3) is 11.6 Å². The van der Waals surface area contributed by atoms with E-state index in [-0.39, 0.29) is 23.4 Å². The standard InChI is InChI=1S/C23H17FN2O5/c24-17-7-3-5-15(11-17)14-25-20-10-2-1-9-19(20)23(29,22(25)28)13-21(27)16-6-4-8-18(12-16)26(30)31/h1-12,29H,13-14H2. The number of hydrogen-bond donors (Lipinski definition) is 1. The van der Waals surface area contributed by atoms with Gasteiger partial charge >= 0.3 is 0 Å². The van der Waals surface area contributed by atoms with Crippen molar-refractivity contribution in [3.8, 4) is 0 Å². The van der Waals surface area contributed by atoms with Gasteiger partial charge in [0.2, 0.25) is 0 Å². The van der Waals surface area contributed by atoms with E-state index in [9.17, 15) is 29.2 Å². The number of rotatable bonds is 6. The fourth-order valence-electron chi connectivity index (χ4n) is 3.78. The highest BCUT2D eigenvalue weighted by Crippen LogP contribution is 2.43. The van der Waals surface area contributed by atoms with Crippen LogP contribution in [0.25, 0.3) is 0 Å². The Hall–Kier alpha value is -3.91. The van der Waals surface area contributed by atoms with Gasteiger partial charge in [-0.25, -0.2) is 4.39 Å². The Morgan fingerprint density at radius 2 is 1.81 bits per heavy atom. The summed E-state index contributed by atoms with van der Waals surface area (Å²) in [5.74, 6) is -1.77. The Morgan fingerprint density at radius 1 is 1.06 bits per heavy atom. The number of Topliss-reactive ketones (excluding diaryl/α,β-unsaturated/α-hetero) is 1.